The van der Waals surface area contributed by atoms with Gasteiger partial charge in [-0.05, 0) is 50.7 Å². The molecule has 2 bridgehead atoms. The van der Waals surface area contributed by atoms with E-state index in [1.807, 2.05) is 12.1 Å². The number of likely N-dealkylation sites (tertiary alicyclic amines) is 1. The zero-order valence-electron chi connectivity index (χ0n) is 13.5. The van der Waals surface area contributed by atoms with Crippen LogP contribution in [0, 0.1) is 11.8 Å². The van der Waals surface area contributed by atoms with Crippen LogP contribution in [0.5, 0.6) is 5.75 Å². The molecule has 0 radical (unpaired) electrons. The molecular weight excluding hydrogens is 260 g/mol. The van der Waals surface area contributed by atoms with E-state index in [9.17, 15) is 0 Å². The molecular formula is C18H28N2O. The first-order valence-electron chi connectivity index (χ1n) is 8.32. The predicted octanol–water partition coefficient (Wildman–Crippen LogP) is 3.62. The molecule has 3 nitrogen and oxygen atoms in total. The van der Waals surface area contributed by atoms with Gasteiger partial charge in [0, 0.05) is 25.2 Å². The molecule has 3 rings (SSSR count). The molecule has 1 saturated heterocycles. The van der Waals surface area contributed by atoms with Gasteiger partial charge in [-0.2, -0.15) is 0 Å². The molecule has 1 aromatic carbocycles. The number of nitrogens with zero attached hydrogens (tertiary/aromatic N) is 1. The number of anilines is 1. The zero-order chi connectivity index (χ0) is 14.8. The normalized spacial score (nSPS) is 29.4. The topological polar surface area (TPSA) is 24.5 Å². The zero-order valence-corrected chi connectivity index (χ0v) is 13.5. The Balaban J connectivity index is 1.76. The third kappa shape index (κ3) is 3.03. The van der Waals surface area contributed by atoms with Gasteiger partial charge >= 0.3 is 0 Å². The van der Waals surface area contributed by atoms with Crippen molar-refractivity contribution < 1.29 is 4.74 Å². The van der Waals surface area contributed by atoms with Gasteiger partial charge in [-0.15, -0.1) is 0 Å². The maximum absolute atomic E-state index is 5.50. The van der Waals surface area contributed by atoms with Crippen molar-refractivity contribution in [1.29, 1.82) is 0 Å². The molecule has 2 fully saturated rings. The quantitative estimate of drug-likeness (QED) is 0.916. The van der Waals surface area contributed by atoms with Gasteiger partial charge in [-0.3, -0.25) is 0 Å². The minimum atomic E-state index is 0.602. The monoisotopic (exact) mass is 288 g/mol. The summed E-state index contributed by atoms with van der Waals surface area (Å²) in [6, 6.07) is 9.58. The van der Waals surface area contributed by atoms with Crippen LogP contribution in [0.15, 0.2) is 24.3 Å². The van der Waals surface area contributed by atoms with Crippen LogP contribution in [-0.2, 0) is 0 Å². The average molecular weight is 288 g/mol. The number of fused-ring (bicyclic) bond motifs is 2. The van der Waals surface area contributed by atoms with Gasteiger partial charge in [0.15, 0.2) is 0 Å². The van der Waals surface area contributed by atoms with E-state index in [-0.39, 0.29) is 0 Å². The Hall–Kier alpha value is -1.22. The highest BCUT2D eigenvalue weighted by molar-refractivity contribution is 5.57. The van der Waals surface area contributed by atoms with E-state index in [4.69, 9.17) is 4.74 Å². The minimum absolute atomic E-state index is 0.602. The van der Waals surface area contributed by atoms with Gasteiger partial charge in [0.1, 0.15) is 5.75 Å². The highest BCUT2D eigenvalue weighted by Crippen LogP contribution is 2.38. The number of hydrogen-bond donors (Lipinski definition) is 1. The minimum Gasteiger partial charge on any atom is -0.495 e. The third-order valence-corrected chi connectivity index (χ3v) is 5.26. The number of para-hydroxylation sites is 2. The van der Waals surface area contributed by atoms with Crippen molar-refractivity contribution in [2.45, 2.75) is 45.2 Å². The van der Waals surface area contributed by atoms with E-state index in [1.165, 1.54) is 32.4 Å². The van der Waals surface area contributed by atoms with Crippen LogP contribution in [0.4, 0.5) is 5.69 Å². The molecule has 1 aliphatic carbocycles. The van der Waals surface area contributed by atoms with Crippen LogP contribution in [0.3, 0.4) is 0 Å². The Bertz CT molecular complexity index is 460. The fraction of sp³-hybridized carbons (Fsp3) is 0.667. The Morgan fingerprint density at radius 2 is 1.81 bits per heavy atom. The SMILES string of the molecule is COc1ccccc1NC1C2CCCC1CN(C(C)C)C2. The second-order valence-corrected chi connectivity index (χ2v) is 6.87. The summed E-state index contributed by atoms with van der Waals surface area (Å²) in [5.74, 6) is 2.50. The smallest absolute Gasteiger partial charge is 0.141 e. The summed E-state index contributed by atoms with van der Waals surface area (Å²) in [5.41, 5.74) is 1.15. The number of ether oxygens (including phenoxy) is 1. The number of hydrogen-bond acceptors (Lipinski definition) is 3. The van der Waals surface area contributed by atoms with Crippen molar-refractivity contribution in [2.75, 3.05) is 25.5 Å². The summed E-state index contributed by atoms with van der Waals surface area (Å²) < 4.78 is 5.50. The van der Waals surface area contributed by atoms with Crippen LogP contribution in [0.25, 0.3) is 0 Å². The van der Waals surface area contributed by atoms with Crippen LogP contribution in [0.1, 0.15) is 33.1 Å². The molecule has 1 aliphatic heterocycles. The number of methoxy groups -OCH3 is 1. The van der Waals surface area contributed by atoms with Crippen LogP contribution < -0.4 is 10.1 Å². The first-order chi connectivity index (χ1) is 10.2. The van der Waals surface area contributed by atoms with Crippen LogP contribution in [0.2, 0.25) is 0 Å². The van der Waals surface area contributed by atoms with Gasteiger partial charge in [0.25, 0.3) is 0 Å². The van der Waals surface area contributed by atoms with Crippen molar-refractivity contribution in [2.24, 2.45) is 11.8 Å². The molecule has 1 heterocycles. The van der Waals surface area contributed by atoms with Crippen molar-refractivity contribution in [1.82, 2.24) is 4.90 Å². The van der Waals surface area contributed by atoms with Gasteiger partial charge in [0.05, 0.1) is 12.8 Å². The summed E-state index contributed by atoms with van der Waals surface area (Å²) in [6.45, 7) is 7.12. The molecule has 2 atom stereocenters. The molecule has 3 heteroatoms. The lowest BCUT2D eigenvalue weighted by Gasteiger charge is -2.49. The molecule has 0 spiro atoms. The standard InChI is InChI=1S/C18H28N2O/c1-13(2)20-11-14-7-6-8-15(12-20)18(14)19-16-9-4-5-10-17(16)21-3/h4-5,9-10,13-15,18-19H,6-8,11-12H2,1-3H3. The Morgan fingerprint density at radius 1 is 1.14 bits per heavy atom. The van der Waals surface area contributed by atoms with Crippen molar-refractivity contribution in [3.05, 3.63) is 24.3 Å². The fourth-order valence-electron chi connectivity index (χ4n) is 4.07. The maximum Gasteiger partial charge on any atom is 0.141 e. The van der Waals surface area contributed by atoms with E-state index in [0.29, 0.717) is 12.1 Å². The fourth-order valence-corrected chi connectivity index (χ4v) is 4.07. The van der Waals surface area contributed by atoms with Crippen LogP contribution in [-0.4, -0.2) is 37.2 Å². The third-order valence-electron chi connectivity index (χ3n) is 5.26. The Labute approximate surface area is 128 Å². The van der Waals surface area contributed by atoms with Crippen molar-refractivity contribution in [3.63, 3.8) is 0 Å². The first-order valence-corrected chi connectivity index (χ1v) is 8.32. The molecule has 0 amide bonds. The van der Waals surface area contributed by atoms with E-state index >= 15 is 0 Å². The first kappa shape index (κ1) is 14.7. The number of benzene rings is 1. The molecule has 1 saturated carbocycles. The molecule has 21 heavy (non-hydrogen) atoms. The largest absolute Gasteiger partial charge is 0.495 e. The number of rotatable bonds is 4. The number of nitrogens with one attached hydrogen (secondary N) is 1. The average Bonchev–Trinajstić information content (AvgIpc) is 2.47. The van der Waals surface area contributed by atoms with E-state index in [1.54, 1.807) is 7.11 Å². The highest BCUT2D eigenvalue weighted by Gasteiger charge is 2.40. The lowest BCUT2D eigenvalue weighted by Crippen LogP contribution is -2.56. The Kier molecular flexibility index (Phi) is 4.39. The van der Waals surface area contributed by atoms with E-state index in [2.05, 4.69) is 36.2 Å². The maximum atomic E-state index is 5.50. The number of piperidine rings is 1. The lowest BCUT2D eigenvalue weighted by atomic mass is 9.73. The molecule has 2 aliphatic rings. The van der Waals surface area contributed by atoms with E-state index < -0.39 is 0 Å². The highest BCUT2D eigenvalue weighted by atomic mass is 16.5. The summed E-state index contributed by atoms with van der Waals surface area (Å²) >= 11 is 0. The summed E-state index contributed by atoms with van der Waals surface area (Å²) in [6.07, 6.45) is 4.10. The van der Waals surface area contributed by atoms with Gasteiger partial charge in [0.2, 0.25) is 0 Å². The van der Waals surface area contributed by atoms with Crippen molar-refractivity contribution >= 4 is 5.69 Å². The molecule has 1 aromatic rings. The van der Waals surface area contributed by atoms with Crippen molar-refractivity contribution in [3.8, 4) is 5.75 Å². The molecule has 0 aromatic heterocycles. The van der Waals surface area contributed by atoms with Crippen LogP contribution >= 0.6 is 0 Å². The van der Waals surface area contributed by atoms with Gasteiger partial charge < -0.3 is 15.0 Å². The molecule has 2 unspecified atom stereocenters. The molecule has 116 valence electrons. The second kappa shape index (κ2) is 6.27. The van der Waals surface area contributed by atoms with Gasteiger partial charge in [-0.25, -0.2) is 0 Å². The summed E-state index contributed by atoms with van der Waals surface area (Å²) in [7, 11) is 1.75. The van der Waals surface area contributed by atoms with E-state index in [0.717, 1.165) is 23.3 Å². The summed E-state index contributed by atoms with van der Waals surface area (Å²) in [4.78, 5) is 2.66. The summed E-state index contributed by atoms with van der Waals surface area (Å²) in [5, 5.41) is 3.81. The second-order valence-electron chi connectivity index (χ2n) is 6.87. The molecule has 1 N–H and O–H groups in total. The predicted molar refractivity (Wildman–Crippen MR) is 87.9 cm³/mol. The Morgan fingerprint density at radius 3 is 2.43 bits per heavy atom. The van der Waals surface area contributed by atoms with Gasteiger partial charge in [-0.1, -0.05) is 18.6 Å². The lowest BCUT2D eigenvalue weighted by molar-refractivity contribution is 0.0517.